The van der Waals surface area contributed by atoms with E-state index in [4.69, 9.17) is 4.74 Å². The van der Waals surface area contributed by atoms with Gasteiger partial charge in [-0.1, -0.05) is 11.3 Å². The Morgan fingerprint density at radius 2 is 2.17 bits per heavy atom. The van der Waals surface area contributed by atoms with Gasteiger partial charge in [0.15, 0.2) is 0 Å². The standard InChI is InChI=1S/C12H12BrF2NO2/c1-3-7(2)18-6-12(16-17)8-4-9(13)11(15)5-10(8)14/h3-5,7,12H,1,6H2,2H3. The van der Waals surface area contributed by atoms with Crippen molar-refractivity contribution in [1.82, 2.24) is 0 Å². The molecule has 0 amide bonds. The van der Waals surface area contributed by atoms with Crippen LogP contribution in [0.5, 0.6) is 0 Å². The molecule has 0 heterocycles. The minimum atomic E-state index is -1.02. The lowest BCUT2D eigenvalue weighted by atomic mass is 10.1. The van der Waals surface area contributed by atoms with E-state index < -0.39 is 17.7 Å². The number of rotatable bonds is 6. The first-order chi connectivity index (χ1) is 8.49. The Hall–Kier alpha value is -1.14. The second-order valence-corrected chi connectivity index (χ2v) is 4.54. The molecule has 0 bridgehead atoms. The van der Waals surface area contributed by atoms with Gasteiger partial charge >= 0.3 is 0 Å². The van der Waals surface area contributed by atoms with Gasteiger partial charge in [-0.3, -0.25) is 0 Å². The Morgan fingerprint density at radius 3 is 2.72 bits per heavy atom. The molecule has 0 spiro atoms. The molecule has 1 aromatic carbocycles. The van der Waals surface area contributed by atoms with E-state index in [1.807, 2.05) is 0 Å². The number of nitroso groups, excluding NO2 is 1. The number of ether oxygens (including phenoxy) is 1. The van der Waals surface area contributed by atoms with Crippen molar-refractivity contribution < 1.29 is 13.5 Å². The van der Waals surface area contributed by atoms with Crippen LogP contribution in [0.2, 0.25) is 0 Å². The van der Waals surface area contributed by atoms with Crippen LogP contribution < -0.4 is 0 Å². The summed E-state index contributed by atoms with van der Waals surface area (Å²) in [6.07, 6.45) is 1.26. The Morgan fingerprint density at radius 1 is 1.50 bits per heavy atom. The summed E-state index contributed by atoms with van der Waals surface area (Å²) in [7, 11) is 0. The maximum Gasteiger partial charge on any atom is 0.143 e. The molecular formula is C12H12BrF2NO2. The largest absolute Gasteiger partial charge is 0.372 e. The number of halogens is 3. The van der Waals surface area contributed by atoms with Crippen molar-refractivity contribution in [2.45, 2.75) is 19.1 Å². The fourth-order valence-corrected chi connectivity index (χ4v) is 1.64. The Kier molecular flexibility index (Phi) is 5.55. The van der Waals surface area contributed by atoms with Gasteiger partial charge in [0, 0.05) is 11.6 Å². The minimum Gasteiger partial charge on any atom is -0.372 e. The van der Waals surface area contributed by atoms with E-state index in [9.17, 15) is 13.7 Å². The summed E-state index contributed by atoms with van der Waals surface area (Å²) in [5.74, 6) is -1.56. The van der Waals surface area contributed by atoms with Crippen LogP contribution >= 0.6 is 15.9 Å². The van der Waals surface area contributed by atoms with Crippen molar-refractivity contribution >= 4 is 15.9 Å². The molecule has 0 N–H and O–H groups in total. The first kappa shape index (κ1) is 14.9. The maximum atomic E-state index is 13.5. The van der Waals surface area contributed by atoms with Crippen LogP contribution in [0.4, 0.5) is 8.78 Å². The number of hydrogen-bond donors (Lipinski definition) is 0. The average Bonchev–Trinajstić information content (AvgIpc) is 2.35. The Labute approximate surface area is 112 Å². The van der Waals surface area contributed by atoms with E-state index >= 15 is 0 Å². The number of benzene rings is 1. The number of hydrogen-bond acceptors (Lipinski definition) is 3. The molecule has 0 saturated carbocycles. The highest BCUT2D eigenvalue weighted by Crippen LogP contribution is 2.27. The van der Waals surface area contributed by atoms with Gasteiger partial charge in [0.25, 0.3) is 0 Å². The van der Waals surface area contributed by atoms with Gasteiger partial charge in [-0.2, -0.15) is 4.91 Å². The van der Waals surface area contributed by atoms with Gasteiger partial charge in [-0.25, -0.2) is 8.78 Å². The molecule has 1 aromatic rings. The van der Waals surface area contributed by atoms with Crippen molar-refractivity contribution in [2.24, 2.45) is 5.18 Å². The molecule has 3 nitrogen and oxygen atoms in total. The van der Waals surface area contributed by atoms with Gasteiger partial charge in [0.1, 0.15) is 17.7 Å². The molecule has 2 atom stereocenters. The molecule has 0 aliphatic carbocycles. The highest BCUT2D eigenvalue weighted by molar-refractivity contribution is 9.10. The van der Waals surface area contributed by atoms with Crippen molar-refractivity contribution in [1.29, 1.82) is 0 Å². The zero-order valence-electron chi connectivity index (χ0n) is 9.70. The van der Waals surface area contributed by atoms with E-state index in [-0.39, 0.29) is 22.7 Å². The van der Waals surface area contributed by atoms with Gasteiger partial charge in [-0.05, 0) is 28.9 Å². The SMILES string of the molecule is C=CC(C)OCC(N=O)c1cc(Br)c(F)cc1F. The third-order valence-electron chi connectivity index (χ3n) is 2.37. The lowest BCUT2D eigenvalue weighted by Crippen LogP contribution is -2.12. The minimum absolute atomic E-state index is 0.00506. The molecular weight excluding hydrogens is 308 g/mol. The molecule has 6 heteroatoms. The molecule has 1 rings (SSSR count). The van der Waals surface area contributed by atoms with E-state index in [0.29, 0.717) is 6.07 Å². The molecule has 2 unspecified atom stereocenters. The first-order valence-electron chi connectivity index (χ1n) is 5.20. The summed E-state index contributed by atoms with van der Waals surface area (Å²) in [6.45, 7) is 5.15. The molecule has 0 aliphatic rings. The second kappa shape index (κ2) is 6.70. The third-order valence-corrected chi connectivity index (χ3v) is 2.98. The topological polar surface area (TPSA) is 38.7 Å². The Bertz CT molecular complexity index is 454. The summed E-state index contributed by atoms with van der Waals surface area (Å²) in [4.78, 5) is 10.7. The van der Waals surface area contributed by atoms with Crippen molar-refractivity contribution in [2.75, 3.05) is 6.61 Å². The van der Waals surface area contributed by atoms with Crippen LogP contribution in [0.3, 0.4) is 0 Å². The van der Waals surface area contributed by atoms with Crippen LogP contribution in [0.1, 0.15) is 18.5 Å². The normalized spacial score (nSPS) is 14.0. The van der Waals surface area contributed by atoms with Crippen molar-refractivity contribution in [3.8, 4) is 0 Å². The fraction of sp³-hybridized carbons (Fsp3) is 0.333. The quantitative estimate of drug-likeness (QED) is 0.449. The third kappa shape index (κ3) is 3.68. The van der Waals surface area contributed by atoms with Crippen LogP contribution in [-0.2, 0) is 4.74 Å². The molecule has 0 fully saturated rings. The van der Waals surface area contributed by atoms with E-state index in [2.05, 4.69) is 27.7 Å². The zero-order valence-corrected chi connectivity index (χ0v) is 11.3. The summed E-state index contributed by atoms with van der Waals surface area (Å²) in [5.41, 5.74) is -0.00506. The smallest absolute Gasteiger partial charge is 0.143 e. The van der Waals surface area contributed by atoms with Crippen molar-refractivity contribution in [3.63, 3.8) is 0 Å². The van der Waals surface area contributed by atoms with Crippen LogP contribution in [-0.4, -0.2) is 12.7 Å². The molecule has 0 radical (unpaired) electrons. The van der Waals surface area contributed by atoms with Crippen LogP contribution in [0.25, 0.3) is 0 Å². The van der Waals surface area contributed by atoms with Gasteiger partial charge < -0.3 is 4.74 Å². The lowest BCUT2D eigenvalue weighted by molar-refractivity contribution is 0.0856. The van der Waals surface area contributed by atoms with Gasteiger partial charge in [-0.15, -0.1) is 6.58 Å². The van der Waals surface area contributed by atoms with E-state index in [1.165, 1.54) is 6.07 Å². The molecule has 18 heavy (non-hydrogen) atoms. The number of nitrogens with zero attached hydrogens (tertiary/aromatic N) is 1. The van der Waals surface area contributed by atoms with E-state index in [0.717, 1.165) is 0 Å². The highest BCUT2D eigenvalue weighted by Gasteiger charge is 2.19. The summed E-state index contributed by atoms with van der Waals surface area (Å²) in [5, 5.41) is 2.80. The van der Waals surface area contributed by atoms with Gasteiger partial charge in [0.05, 0.1) is 17.2 Å². The van der Waals surface area contributed by atoms with Crippen LogP contribution in [0.15, 0.2) is 34.4 Å². The first-order valence-corrected chi connectivity index (χ1v) is 6.00. The molecule has 0 aliphatic heterocycles. The Balaban J connectivity index is 2.91. The summed E-state index contributed by atoms with van der Waals surface area (Å²) in [6, 6.07) is 0.872. The summed E-state index contributed by atoms with van der Waals surface area (Å²) < 4.78 is 31.9. The predicted octanol–water partition coefficient (Wildman–Crippen LogP) is 4.13. The fourth-order valence-electron chi connectivity index (χ4n) is 1.28. The molecule has 98 valence electrons. The lowest BCUT2D eigenvalue weighted by Gasteiger charge is -2.14. The predicted molar refractivity (Wildman–Crippen MR) is 68.2 cm³/mol. The van der Waals surface area contributed by atoms with E-state index in [1.54, 1.807) is 13.0 Å². The van der Waals surface area contributed by atoms with Crippen LogP contribution in [0, 0.1) is 16.5 Å². The molecule has 0 saturated heterocycles. The summed E-state index contributed by atoms with van der Waals surface area (Å²) >= 11 is 2.93. The van der Waals surface area contributed by atoms with Crippen molar-refractivity contribution in [3.05, 3.63) is 51.4 Å². The zero-order chi connectivity index (χ0) is 13.7. The highest BCUT2D eigenvalue weighted by atomic mass is 79.9. The maximum absolute atomic E-state index is 13.5. The monoisotopic (exact) mass is 319 g/mol. The van der Waals surface area contributed by atoms with Gasteiger partial charge in [0.2, 0.25) is 0 Å². The molecule has 0 aromatic heterocycles. The average molecular weight is 320 g/mol. The second-order valence-electron chi connectivity index (χ2n) is 3.68.